The lowest BCUT2D eigenvalue weighted by atomic mass is 9.86. The highest BCUT2D eigenvalue weighted by Crippen LogP contribution is 2.28. The summed E-state index contributed by atoms with van der Waals surface area (Å²) in [6.07, 6.45) is 8.89. The van der Waals surface area contributed by atoms with Gasteiger partial charge in [0, 0.05) is 17.7 Å². The number of aryl methyl sites for hydroxylation is 1. The van der Waals surface area contributed by atoms with Gasteiger partial charge < -0.3 is 10.3 Å². The van der Waals surface area contributed by atoms with Gasteiger partial charge in [-0.25, -0.2) is 0 Å². The normalized spacial score (nSPS) is 16.4. The maximum atomic E-state index is 5.93. The van der Waals surface area contributed by atoms with E-state index in [2.05, 4.69) is 10.1 Å². The second-order valence-corrected chi connectivity index (χ2v) is 5.64. The number of nitrogens with two attached hydrogens (primary N) is 1. The third-order valence-electron chi connectivity index (χ3n) is 4.16. The van der Waals surface area contributed by atoms with Crippen molar-refractivity contribution in [2.75, 3.05) is 5.73 Å². The van der Waals surface area contributed by atoms with E-state index < -0.39 is 0 Å². The molecule has 1 aliphatic rings. The standard InChI is InChI=1S/C16H21N3O/c17-14-9-5-4-8-13(14)16-18-15(20-19-16)11-10-12-6-2-1-3-7-12/h4-5,8-9,12H,1-3,6-7,10-11,17H2. The Labute approximate surface area is 119 Å². The molecule has 1 aromatic carbocycles. The Morgan fingerprint density at radius 3 is 2.75 bits per heavy atom. The molecule has 3 rings (SSSR count). The number of para-hydroxylation sites is 1. The average molecular weight is 271 g/mol. The summed E-state index contributed by atoms with van der Waals surface area (Å²) in [6, 6.07) is 7.62. The van der Waals surface area contributed by atoms with Crippen molar-refractivity contribution >= 4 is 5.69 Å². The van der Waals surface area contributed by atoms with Gasteiger partial charge in [-0.3, -0.25) is 0 Å². The first-order valence-corrected chi connectivity index (χ1v) is 7.50. The smallest absolute Gasteiger partial charge is 0.226 e. The number of rotatable bonds is 4. The van der Waals surface area contributed by atoms with E-state index >= 15 is 0 Å². The molecule has 20 heavy (non-hydrogen) atoms. The summed E-state index contributed by atoms with van der Waals surface area (Å²) < 4.78 is 5.35. The van der Waals surface area contributed by atoms with Crippen molar-refractivity contribution in [1.82, 2.24) is 10.1 Å². The fourth-order valence-electron chi connectivity index (χ4n) is 2.97. The Kier molecular flexibility index (Phi) is 4.00. The minimum absolute atomic E-state index is 0.599. The van der Waals surface area contributed by atoms with Crippen LogP contribution in [0, 0.1) is 5.92 Å². The van der Waals surface area contributed by atoms with Gasteiger partial charge in [0.25, 0.3) is 0 Å². The molecule has 2 aromatic rings. The van der Waals surface area contributed by atoms with Crippen LogP contribution in [0.3, 0.4) is 0 Å². The molecule has 4 nitrogen and oxygen atoms in total. The van der Waals surface area contributed by atoms with Crippen molar-refractivity contribution in [2.24, 2.45) is 5.92 Å². The van der Waals surface area contributed by atoms with E-state index in [1.54, 1.807) is 0 Å². The molecule has 0 spiro atoms. The predicted octanol–water partition coefficient (Wildman–Crippen LogP) is 3.83. The van der Waals surface area contributed by atoms with E-state index in [0.717, 1.165) is 30.2 Å². The Hall–Kier alpha value is -1.84. The molecule has 0 bridgehead atoms. The Bertz CT molecular complexity index is 558. The van der Waals surface area contributed by atoms with Crippen LogP contribution in [0.1, 0.15) is 44.4 Å². The van der Waals surface area contributed by atoms with Crippen LogP contribution in [0.5, 0.6) is 0 Å². The number of nitrogens with zero attached hydrogens (tertiary/aromatic N) is 2. The van der Waals surface area contributed by atoms with Gasteiger partial charge in [-0.1, -0.05) is 49.4 Å². The van der Waals surface area contributed by atoms with Crippen LogP contribution < -0.4 is 5.73 Å². The third-order valence-corrected chi connectivity index (χ3v) is 4.16. The van der Waals surface area contributed by atoms with E-state index in [9.17, 15) is 0 Å². The van der Waals surface area contributed by atoms with Crippen molar-refractivity contribution in [1.29, 1.82) is 0 Å². The van der Waals surface area contributed by atoms with Gasteiger partial charge in [0.1, 0.15) is 0 Å². The van der Waals surface area contributed by atoms with E-state index in [4.69, 9.17) is 10.3 Å². The number of aromatic nitrogens is 2. The van der Waals surface area contributed by atoms with Crippen LogP contribution >= 0.6 is 0 Å². The molecule has 1 saturated carbocycles. The van der Waals surface area contributed by atoms with Gasteiger partial charge in [0.15, 0.2) is 0 Å². The molecule has 0 aliphatic heterocycles. The maximum Gasteiger partial charge on any atom is 0.226 e. The first-order chi connectivity index (χ1) is 9.83. The summed E-state index contributed by atoms with van der Waals surface area (Å²) >= 11 is 0. The van der Waals surface area contributed by atoms with Gasteiger partial charge >= 0.3 is 0 Å². The average Bonchev–Trinajstić information content (AvgIpc) is 2.95. The summed E-state index contributed by atoms with van der Waals surface area (Å²) in [4.78, 5) is 4.47. The molecule has 106 valence electrons. The molecule has 0 atom stereocenters. The predicted molar refractivity (Wildman–Crippen MR) is 79.0 cm³/mol. The summed E-state index contributed by atoms with van der Waals surface area (Å²) in [5, 5.41) is 4.04. The van der Waals surface area contributed by atoms with Gasteiger partial charge in [0.05, 0.1) is 0 Å². The molecule has 0 radical (unpaired) electrons. The molecule has 1 aliphatic carbocycles. The Morgan fingerprint density at radius 1 is 1.15 bits per heavy atom. The van der Waals surface area contributed by atoms with E-state index in [1.807, 2.05) is 24.3 Å². The van der Waals surface area contributed by atoms with Crippen molar-refractivity contribution in [3.63, 3.8) is 0 Å². The van der Waals surface area contributed by atoms with Crippen molar-refractivity contribution in [2.45, 2.75) is 44.9 Å². The number of anilines is 1. The maximum absolute atomic E-state index is 5.93. The van der Waals surface area contributed by atoms with E-state index in [1.165, 1.54) is 32.1 Å². The van der Waals surface area contributed by atoms with Crippen LogP contribution in [-0.4, -0.2) is 10.1 Å². The minimum atomic E-state index is 0.599. The molecule has 1 fully saturated rings. The molecular formula is C16H21N3O. The highest BCUT2D eigenvalue weighted by molar-refractivity contribution is 5.70. The highest BCUT2D eigenvalue weighted by Gasteiger charge is 2.16. The first-order valence-electron chi connectivity index (χ1n) is 7.50. The molecule has 2 N–H and O–H groups in total. The fourth-order valence-corrected chi connectivity index (χ4v) is 2.97. The zero-order chi connectivity index (χ0) is 13.8. The van der Waals surface area contributed by atoms with Crippen LogP contribution in [0.2, 0.25) is 0 Å². The van der Waals surface area contributed by atoms with Crippen LogP contribution in [0.15, 0.2) is 28.8 Å². The van der Waals surface area contributed by atoms with Gasteiger partial charge in [-0.15, -0.1) is 0 Å². The molecule has 1 aromatic heterocycles. The third kappa shape index (κ3) is 3.00. The quantitative estimate of drug-likeness (QED) is 0.858. The lowest BCUT2D eigenvalue weighted by Crippen LogP contribution is -2.07. The van der Waals surface area contributed by atoms with Gasteiger partial charge in [0.2, 0.25) is 11.7 Å². The summed E-state index contributed by atoms with van der Waals surface area (Å²) in [5.41, 5.74) is 7.47. The van der Waals surface area contributed by atoms with Crippen molar-refractivity contribution in [3.05, 3.63) is 30.2 Å². The Morgan fingerprint density at radius 2 is 1.95 bits per heavy atom. The topological polar surface area (TPSA) is 64.9 Å². The van der Waals surface area contributed by atoms with Crippen molar-refractivity contribution < 1.29 is 4.52 Å². The zero-order valence-corrected chi connectivity index (χ0v) is 11.7. The molecule has 0 saturated heterocycles. The molecule has 1 heterocycles. The summed E-state index contributed by atoms with van der Waals surface area (Å²) in [6.45, 7) is 0. The van der Waals surface area contributed by atoms with Crippen LogP contribution in [0.4, 0.5) is 5.69 Å². The second-order valence-electron chi connectivity index (χ2n) is 5.64. The zero-order valence-electron chi connectivity index (χ0n) is 11.7. The second kappa shape index (κ2) is 6.07. The Balaban J connectivity index is 1.63. The van der Waals surface area contributed by atoms with Gasteiger partial charge in [-0.2, -0.15) is 4.98 Å². The highest BCUT2D eigenvalue weighted by atomic mass is 16.5. The molecule has 4 heteroatoms. The number of hydrogen-bond acceptors (Lipinski definition) is 4. The lowest BCUT2D eigenvalue weighted by Gasteiger charge is -2.20. The monoisotopic (exact) mass is 271 g/mol. The van der Waals surface area contributed by atoms with Crippen LogP contribution in [0.25, 0.3) is 11.4 Å². The number of hydrogen-bond donors (Lipinski definition) is 1. The largest absolute Gasteiger partial charge is 0.398 e. The number of nitrogen functional groups attached to an aromatic ring is 1. The lowest BCUT2D eigenvalue weighted by molar-refractivity contribution is 0.315. The van der Waals surface area contributed by atoms with Gasteiger partial charge in [-0.05, 0) is 24.5 Å². The SMILES string of the molecule is Nc1ccccc1-c1noc(CCC2CCCCC2)n1. The minimum Gasteiger partial charge on any atom is -0.398 e. The van der Waals surface area contributed by atoms with Crippen molar-refractivity contribution in [3.8, 4) is 11.4 Å². The summed E-state index contributed by atoms with van der Waals surface area (Å²) in [7, 11) is 0. The number of benzene rings is 1. The fraction of sp³-hybridized carbons (Fsp3) is 0.500. The van der Waals surface area contributed by atoms with E-state index in [-0.39, 0.29) is 0 Å². The first kappa shape index (κ1) is 13.2. The molecule has 0 unspecified atom stereocenters. The molecule has 0 amide bonds. The van der Waals surface area contributed by atoms with E-state index in [0.29, 0.717) is 11.5 Å². The van der Waals surface area contributed by atoms with Crippen LogP contribution in [-0.2, 0) is 6.42 Å². The molecular weight excluding hydrogens is 250 g/mol. The summed E-state index contributed by atoms with van der Waals surface area (Å²) in [5.74, 6) is 2.16.